The van der Waals surface area contributed by atoms with Crippen LogP contribution in [0.4, 0.5) is 0 Å². The van der Waals surface area contributed by atoms with Crippen LogP contribution in [0.5, 0.6) is 0 Å². The third kappa shape index (κ3) is 19.6. The van der Waals surface area contributed by atoms with Gasteiger partial charge in [0.1, 0.15) is 10.8 Å². The van der Waals surface area contributed by atoms with Crippen molar-refractivity contribution in [2.45, 2.75) is 89.6 Å². The summed E-state index contributed by atoms with van der Waals surface area (Å²) < 4.78 is 0. The van der Waals surface area contributed by atoms with E-state index in [0.29, 0.717) is 0 Å². The van der Waals surface area contributed by atoms with Gasteiger partial charge in [0.05, 0.1) is 6.10 Å². The van der Waals surface area contributed by atoms with Gasteiger partial charge in [-0.3, -0.25) is 0 Å². The van der Waals surface area contributed by atoms with Crippen LogP contribution in [0.3, 0.4) is 0 Å². The summed E-state index contributed by atoms with van der Waals surface area (Å²) in [7, 11) is 0. The quantitative estimate of drug-likeness (QED) is 0.261. The lowest BCUT2D eigenvalue weighted by molar-refractivity contribution is 0.147. The van der Waals surface area contributed by atoms with Crippen LogP contribution in [0.1, 0.15) is 83.5 Å². The molecule has 0 rings (SSSR count). The van der Waals surface area contributed by atoms with Crippen LogP contribution >= 0.6 is 23.5 Å². The van der Waals surface area contributed by atoms with E-state index < -0.39 is 0 Å². The van der Waals surface area contributed by atoms with E-state index in [1.165, 1.54) is 68.5 Å². The molecule has 0 amide bonds. The molecule has 0 aliphatic heterocycles. The van der Waals surface area contributed by atoms with Gasteiger partial charge in [-0.15, -0.1) is 0 Å². The first-order valence-electron chi connectivity index (χ1n) is 9.01. The molecule has 1 N–H and O–H groups in total. The molecule has 0 aromatic rings. The molecule has 1 atom stereocenters. The summed E-state index contributed by atoms with van der Waals surface area (Å²) in [5.74, 6) is 1.92. The lowest BCUT2D eigenvalue weighted by Crippen LogP contribution is -2.05. The average molecular weight is 357 g/mol. The van der Waals surface area contributed by atoms with Gasteiger partial charge in [0.2, 0.25) is 0 Å². The number of hydrogen-bond acceptors (Lipinski definition) is 5. The fourth-order valence-electron chi connectivity index (χ4n) is 2.58. The Morgan fingerprint density at radius 1 is 0.609 bits per heavy atom. The van der Waals surface area contributed by atoms with Crippen molar-refractivity contribution in [1.82, 2.24) is 0 Å². The Hall–Kier alpha value is -0.360. The fourth-order valence-corrected chi connectivity index (χ4v) is 3.46. The molecular weight excluding hydrogens is 324 g/mol. The van der Waals surface area contributed by atoms with E-state index in [1.807, 2.05) is 0 Å². The van der Waals surface area contributed by atoms with Crippen LogP contribution < -0.4 is 0 Å². The monoisotopic (exact) mass is 356 g/mol. The summed E-state index contributed by atoms with van der Waals surface area (Å²) in [6.07, 6.45) is 14.9. The maximum atomic E-state index is 9.95. The Morgan fingerprint density at radius 2 is 0.957 bits per heavy atom. The van der Waals surface area contributed by atoms with Crippen LogP contribution in [0, 0.1) is 21.3 Å². The second-order valence-electron chi connectivity index (χ2n) is 6.00. The zero-order chi connectivity index (χ0) is 17.0. The first kappa shape index (κ1) is 22.6. The summed E-state index contributed by atoms with van der Waals surface area (Å²) in [6.45, 7) is 0. The maximum Gasteiger partial charge on any atom is 0.133 e. The standard InChI is InChI=1S/C18H32N2OS2/c19-16-22-14-10-6-2-1-4-8-12-18(21)13-9-5-3-7-11-15-23-17-20/h18,21H,1-15H2. The number of nitriles is 2. The highest BCUT2D eigenvalue weighted by Crippen LogP contribution is 2.14. The number of hydrogen-bond donors (Lipinski definition) is 1. The molecule has 0 spiro atoms. The van der Waals surface area contributed by atoms with Gasteiger partial charge in [-0.05, 0) is 49.2 Å². The molecule has 0 aliphatic carbocycles. The molecule has 0 fully saturated rings. The second kappa shape index (κ2) is 19.7. The highest BCUT2D eigenvalue weighted by atomic mass is 32.2. The van der Waals surface area contributed by atoms with E-state index in [0.717, 1.165) is 50.0 Å². The Balaban J connectivity index is 3.15. The van der Waals surface area contributed by atoms with Gasteiger partial charge in [-0.25, -0.2) is 0 Å². The topological polar surface area (TPSA) is 67.8 Å². The lowest BCUT2D eigenvalue weighted by Gasteiger charge is -2.10. The zero-order valence-electron chi connectivity index (χ0n) is 14.3. The van der Waals surface area contributed by atoms with Crippen LogP contribution in [0.25, 0.3) is 0 Å². The predicted octanol–water partition coefficient (Wildman–Crippen LogP) is 5.85. The molecule has 0 heterocycles. The van der Waals surface area contributed by atoms with Crippen molar-refractivity contribution in [3.63, 3.8) is 0 Å². The van der Waals surface area contributed by atoms with Gasteiger partial charge >= 0.3 is 0 Å². The minimum atomic E-state index is -0.115. The molecule has 132 valence electrons. The van der Waals surface area contributed by atoms with E-state index in [9.17, 15) is 5.11 Å². The van der Waals surface area contributed by atoms with E-state index in [2.05, 4.69) is 10.8 Å². The number of aliphatic hydroxyl groups excluding tert-OH is 1. The lowest BCUT2D eigenvalue weighted by atomic mass is 10.0. The molecule has 0 aromatic heterocycles. The number of nitrogens with zero attached hydrogens (tertiary/aromatic N) is 2. The number of thioether (sulfide) groups is 2. The van der Waals surface area contributed by atoms with Gasteiger partial charge in [0, 0.05) is 11.5 Å². The number of rotatable bonds is 17. The van der Waals surface area contributed by atoms with Crippen LogP contribution in [0.15, 0.2) is 0 Å². The van der Waals surface area contributed by atoms with Gasteiger partial charge in [-0.1, -0.05) is 57.8 Å². The summed E-state index contributed by atoms with van der Waals surface area (Å²) in [5, 5.41) is 31.0. The predicted molar refractivity (Wildman–Crippen MR) is 102 cm³/mol. The summed E-state index contributed by atoms with van der Waals surface area (Å²) in [5.41, 5.74) is 0. The molecular formula is C18H32N2OS2. The first-order chi connectivity index (χ1) is 11.3. The van der Waals surface area contributed by atoms with Gasteiger partial charge < -0.3 is 5.11 Å². The van der Waals surface area contributed by atoms with E-state index >= 15 is 0 Å². The van der Waals surface area contributed by atoms with Crippen LogP contribution in [0.2, 0.25) is 0 Å². The molecule has 5 heteroatoms. The number of aliphatic hydroxyl groups is 1. The SMILES string of the molecule is N#CSCCCCCCCCC(O)CCCCCCCSC#N. The van der Waals surface area contributed by atoms with Gasteiger partial charge in [0.25, 0.3) is 0 Å². The van der Waals surface area contributed by atoms with Crippen molar-refractivity contribution < 1.29 is 5.11 Å². The van der Waals surface area contributed by atoms with Gasteiger partial charge in [0.15, 0.2) is 0 Å². The van der Waals surface area contributed by atoms with Crippen molar-refractivity contribution in [2.24, 2.45) is 0 Å². The van der Waals surface area contributed by atoms with Crippen molar-refractivity contribution in [1.29, 1.82) is 10.5 Å². The molecule has 23 heavy (non-hydrogen) atoms. The van der Waals surface area contributed by atoms with Crippen molar-refractivity contribution in [3.05, 3.63) is 0 Å². The molecule has 0 aliphatic rings. The Morgan fingerprint density at radius 3 is 1.35 bits per heavy atom. The average Bonchev–Trinajstić information content (AvgIpc) is 2.56. The molecule has 0 aromatic carbocycles. The first-order valence-corrected chi connectivity index (χ1v) is 11.0. The minimum Gasteiger partial charge on any atom is -0.393 e. The summed E-state index contributed by atoms with van der Waals surface area (Å²) >= 11 is 2.70. The third-order valence-corrected chi connectivity index (χ3v) is 5.19. The van der Waals surface area contributed by atoms with Crippen LogP contribution in [-0.2, 0) is 0 Å². The summed E-state index contributed by atoms with van der Waals surface area (Å²) in [4.78, 5) is 0. The normalized spacial score (nSPS) is 11.8. The van der Waals surface area contributed by atoms with Gasteiger partial charge in [-0.2, -0.15) is 10.5 Å². The van der Waals surface area contributed by atoms with Crippen molar-refractivity contribution in [3.8, 4) is 10.8 Å². The molecule has 0 saturated heterocycles. The maximum absolute atomic E-state index is 9.95. The highest BCUT2D eigenvalue weighted by molar-refractivity contribution is 8.03. The van der Waals surface area contributed by atoms with Crippen molar-refractivity contribution >= 4 is 23.5 Å². The van der Waals surface area contributed by atoms with E-state index in [4.69, 9.17) is 10.5 Å². The van der Waals surface area contributed by atoms with E-state index in [-0.39, 0.29) is 6.10 Å². The largest absolute Gasteiger partial charge is 0.393 e. The fraction of sp³-hybridized carbons (Fsp3) is 0.889. The Labute approximate surface area is 151 Å². The smallest absolute Gasteiger partial charge is 0.133 e. The second-order valence-corrected chi connectivity index (χ2v) is 7.76. The summed E-state index contributed by atoms with van der Waals surface area (Å²) in [6, 6.07) is 0. The number of thiocyanates is 2. The molecule has 0 radical (unpaired) electrons. The Kier molecular flexibility index (Phi) is 19.4. The minimum absolute atomic E-state index is 0.115. The molecule has 0 bridgehead atoms. The third-order valence-electron chi connectivity index (χ3n) is 3.95. The Bertz CT molecular complexity index is 326. The molecule has 1 unspecified atom stereocenters. The van der Waals surface area contributed by atoms with Crippen molar-refractivity contribution in [2.75, 3.05) is 11.5 Å². The zero-order valence-corrected chi connectivity index (χ0v) is 16.0. The van der Waals surface area contributed by atoms with Crippen LogP contribution in [-0.4, -0.2) is 22.7 Å². The number of unbranched alkanes of at least 4 members (excludes halogenated alkanes) is 9. The molecule has 0 saturated carbocycles. The molecule has 3 nitrogen and oxygen atoms in total. The van der Waals surface area contributed by atoms with E-state index in [1.54, 1.807) is 0 Å². The highest BCUT2D eigenvalue weighted by Gasteiger charge is 2.03.